The Morgan fingerprint density at radius 2 is 1.90 bits per heavy atom. The topological polar surface area (TPSA) is 62.2 Å². The van der Waals surface area contributed by atoms with E-state index in [9.17, 15) is 0 Å². The minimum atomic E-state index is 0.138. The molecular weight excluding hydrogens is 366 g/mol. The van der Waals surface area contributed by atoms with E-state index >= 15 is 0 Å². The summed E-state index contributed by atoms with van der Waals surface area (Å²) >= 11 is 0. The summed E-state index contributed by atoms with van der Waals surface area (Å²) in [5.41, 5.74) is 1.17. The zero-order valence-electron chi connectivity index (χ0n) is 17.7. The summed E-state index contributed by atoms with van der Waals surface area (Å²) in [6.45, 7) is 6.24. The molecule has 4 rings (SSSR count). The van der Waals surface area contributed by atoms with Gasteiger partial charge < -0.3 is 24.6 Å². The molecule has 3 fully saturated rings. The third kappa shape index (κ3) is 5.39. The summed E-state index contributed by atoms with van der Waals surface area (Å²) in [5.74, 6) is 2.03. The van der Waals surface area contributed by atoms with E-state index in [0.717, 1.165) is 70.6 Å². The summed E-state index contributed by atoms with van der Waals surface area (Å²) in [6.07, 6.45) is 9.82. The van der Waals surface area contributed by atoms with Gasteiger partial charge in [-0.05, 0) is 37.3 Å². The zero-order valence-corrected chi connectivity index (χ0v) is 17.7. The van der Waals surface area contributed by atoms with Gasteiger partial charge in [0.05, 0.1) is 12.7 Å². The van der Waals surface area contributed by atoms with Gasteiger partial charge >= 0.3 is 0 Å². The van der Waals surface area contributed by atoms with E-state index < -0.39 is 0 Å². The Morgan fingerprint density at radius 1 is 1.07 bits per heavy atom. The van der Waals surface area contributed by atoms with Gasteiger partial charge in [-0.25, -0.2) is 4.98 Å². The first-order valence-corrected chi connectivity index (χ1v) is 11.2. The van der Waals surface area contributed by atoms with Crippen LogP contribution in [0.5, 0.6) is 0 Å². The molecule has 0 spiro atoms. The van der Waals surface area contributed by atoms with Crippen molar-refractivity contribution in [2.24, 2.45) is 4.99 Å². The van der Waals surface area contributed by atoms with Crippen molar-refractivity contribution in [3.63, 3.8) is 0 Å². The van der Waals surface area contributed by atoms with Crippen molar-refractivity contribution in [3.8, 4) is 0 Å². The fraction of sp³-hybridized carbons (Fsp3) is 0.727. The molecule has 4 heterocycles. The summed E-state index contributed by atoms with van der Waals surface area (Å²) in [7, 11) is 1.85. The number of ether oxygens (including phenoxy) is 2. The number of nitrogens with one attached hydrogen (secondary N) is 1. The van der Waals surface area contributed by atoms with Crippen molar-refractivity contribution in [3.05, 3.63) is 23.9 Å². The maximum atomic E-state index is 5.97. The Labute approximate surface area is 174 Å². The number of aromatic nitrogens is 1. The van der Waals surface area contributed by atoms with Crippen LogP contribution in [-0.4, -0.2) is 74.5 Å². The predicted octanol–water partition coefficient (Wildman–Crippen LogP) is 2.42. The Balaban J connectivity index is 1.30. The highest BCUT2D eigenvalue weighted by Gasteiger charge is 2.32. The summed E-state index contributed by atoms with van der Waals surface area (Å²) in [4.78, 5) is 13.9. The third-order valence-corrected chi connectivity index (χ3v) is 6.17. The van der Waals surface area contributed by atoms with Gasteiger partial charge in [0.2, 0.25) is 0 Å². The minimum absolute atomic E-state index is 0.138. The smallest absolute Gasteiger partial charge is 0.194 e. The Morgan fingerprint density at radius 3 is 2.59 bits per heavy atom. The fourth-order valence-corrected chi connectivity index (χ4v) is 4.51. The van der Waals surface area contributed by atoms with E-state index in [1.165, 1.54) is 31.2 Å². The van der Waals surface area contributed by atoms with Crippen LogP contribution in [0.4, 0.5) is 5.82 Å². The van der Waals surface area contributed by atoms with Crippen molar-refractivity contribution >= 4 is 11.8 Å². The number of nitrogens with zero attached hydrogens (tertiary/aromatic N) is 4. The molecule has 7 nitrogen and oxygen atoms in total. The molecule has 29 heavy (non-hydrogen) atoms. The van der Waals surface area contributed by atoms with E-state index in [0.29, 0.717) is 0 Å². The van der Waals surface area contributed by atoms with E-state index in [2.05, 4.69) is 32.2 Å². The monoisotopic (exact) mass is 401 g/mol. The first-order valence-electron chi connectivity index (χ1n) is 11.2. The normalized spacial score (nSPS) is 26.4. The maximum Gasteiger partial charge on any atom is 0.194 e. The van der Waals surface area contributed by atoms with Crippen LogP contribution in [-0.2, 0) is 16.0 Å². The molecule has 1 N–H and O–H groups in total. The van der Waals surface area contributed by atoms with Gasteiger partial charge in [-0.15, -0.1) is 0 Å². The molecule has 0 bridgehead atoms. The van der Waals surface area contributed by atoms with Gasteiger partial charge in [0.25, 0.3) is 0 Å². The van der Waals surface area contributed by atoms with Gasteiger partial charge in [0.1, 0.15) is 11.9 Å². The van der Waals surface area contributed by atoms with Crippen LogP contribution in [0.2, 0.25) is 0 Å². The lowest BCUT2D eigenvalue weighted by Crippen LogP contribution is -2.53. The summed E-state index contributed by atoms with van der Waals surface area (Å²) < 4.78 is 11.8. The van der Waals surface area contributed by atoms with E-state index in [1.807, 2.05) is 13.2 Å². The van der Waals surface area contributed by atoms with Crippen LogP contribution in [0.25, 0.3) is 0 Å². The first-order chi connectivity index (χ1) is 14.3. The number of guanidine groups is 1. The number of hydrogen-bond acceptors (Lipinski definition) is 5. The lowest BCUT2D eigenvalue weighted by molar-refractivity contribution is -0.0817. The van der Waals surface area contributed by atoms with Crippen LogP contribution >= 0.6 is 0 Å². The molecular formula is C22H35N5O2. The molecule has 3 saturated heterocycles. The quantitative estimate of drug-likeness (QED) is 0.618. The molecule has 3 aliphatic rings. The van der Waals surface area contributed by atoms with Crippen LogP contribution in [0, 0.1) is 0 Å². The molecule has 0 aromatic carbocycles. The van der Waals surface area contributed by atoms with Gasteiger partial charge in [-0.3, -0.25) is 4.99 Å². The van der Waals surface area contributed by atoms with Crippen LogP contribution in [0.1, 0.15) is 44.1 Å². The number of hydrogen-bond donors (Lipinski definition) is 1. The van der Waals surface area contributed by atoms with Crippen molar-refractivity contribution < 1.29 is 9.47 Å². The highest BCUT2D eigenvalue weighted by Crippen LogP contribution is 2.21. The SMILES string of the molecule is CN=C(NCc1ccc(N2CCCCCC2)nc1)N1CCOC(C2CCCO2)C1. The second-order valence-electron chi connectivity index (χ2n) is 8.23. The second kappa shape index (κ2) is 10.3. The van der Waals surface area contributed by atoms with Crippen LogP contribution in [0.3, 0.4) is 0 Å². The molecule has 0 radical (unpaired) electrons. The fourth-order valence-electron chi connectivity index (χ4n) is 4.51. The predicted molar refractivity (Wildman–Crippen MR) is 115 cm³/mol. The summed E-state index contributed by atoms with van der Waals surface area (Å²) in [6, 6.07) is 4.34. The number of anilines is 1. The van der Waals surface area contributed by atoms with E-state index in [-0.39, 0.29) is 12.2 Å². The molecule has 160 valence electrons. The zero-order chi connectivity index (χ0) is 19.9. The Kier molecular flexibility index (Phi) is 7.22. The van der Waals surface area contributed by atoms with Crippen molar-refractivity contribution in [1.82, 2.24) is 15.2 Å². The molecule has 0 amide bonds. The lowest BCUT2D eigenvalue weighted by Gasteiger charge is -2.37. The molecule has 2 unspecified atom stereocenters. The van der Waals surface area contributed by atoms with E-state index in [1.54, 1.807) is 0 Å². The number of aliphatic imine (C=N–C) groups is 1. The average molecular weight is 402 g/mol. The Bertz CT molecular complexity index is 652. The standard InChI is InChI=1S/C22H35N5O2/c1-23-22(27-12-14-29-20(17-27)19-7-6-13-28-19)25-16-18-8-9-21(24-15-18)26-10-4-2-3-5-11-26/h8-9,15,19-20H,2-7,10-14,16-17H2,1H3,(H,23,25). The largest absolute Gasteiger partial charge is 0.375 e. The Hall–Kier alpha value is -1.86. The van der Waals surface area contributed by atoms with Crippen molar-refractivity contribution in [2.45, 2.75) is 57.3 Å². The van der Waals surface area contributed by atoms with Crippen LogP contribution < -0.4 is 10.2 Å². The maximum absolute atomic E-state index is 5.97. The van der Waals surface area contributed by atoms with Gasteiger partial charge in [0, 0.05) is 52.6 Å². The minimum Gasteiger partial charge on any atom is -0.375 e. The van der Waals surface area contributed by atoms with E-state index in [4.69, 9.17) is 14.5 Å². The van der Waals surface area contributed by atoms with Crippen molar-refractivity contribution in [2.75, 3.05) is 51.3 Å². The summed E-state index contributed by atoms with van der Waals surface area (Å²) in [5, 5.41) is 3.50. The average Bonchev–Trinajstić information content (AvgIpc) is 3.18. The molecule has 3 aliphatic heterocycles. The second-order valence-corrected chi connectivity index (χ2v) is 8.23. The van der Waals surface area contributed by atoms with Crippen molar-refractivity contribution in [1.29, 1.82) is 0 Å². The molecule has 1 aromatic heterocycles. The molecule has 7 heteroatoms. The molecule has 0 aliphatic carbocycles. The van der Waals surface area contributed by atoms with Gasteiger partial charge in [-0.2, -0.15) is 0 Å². The number of morpholine rings is 1. The number of pyridine rings is 1. The molecule has 2 atom stereocenters. The molecule has 0 saturated carbocycles. The van der Waals surface area contributed by atoms with Gasteiger partial charge in [-0.1, -0.05) is 18.9 Å². The first kappa shape index (κ1) is 20.4. The number of rotatable bonds is 4. The molecule has 1 aromatic rings. The van der Waals surface area contributed by atoms with Gasteiger partial charge in [0.15, 0.2) is 5.96 Å². The lowest BCUT2D eigenvalue weighted by atomic mass is 10.1. The van der Waals surface area contributed by atoms with Crippen LogP contribution in [0.15, 0.2) is 23.3 Å². The highest BCUT2D eigenvalue weighted by atomic mass is 16.5. The third-order valence-electron chi connectivity index (χ3n) is 6.17. The highest BCUT2D eigenvalue weighted by molar-refractivity contribution is 5.80.